The van der Waals surface area contributed by atoms with Gasteiger partial charge in [-0.25, -0.2) is 4.79 Å². The van der Waals surface area contributed by atoms with Gasteiger partial charge in [-0.15, -0.1) is 0 Å². The van der Waals surface area contributed by atoms with Crippen LogP contribution in [0.2, 0.25) is 15.1 Å². The summed E-state index contributed by atoms with van der Waals surface area (Å²) in [6.45, 7) is 3.12. The molecular weight excluding hydrogens is 321 g/mol. The van der Waals surface area contributed by atoms with Crippen molar-refractivity contribution in [3.63, 3.8) is 0 Å². The lowest BCUT2D eigenvalue weighted by Crippen LogP contribution is -2.38. The molecule has 4 nitrogen and oxygen atoms in total. The van der Waals surface area contributed by atoms with Crippen LogP contribution < -0.4 is 10.6 Å². The Morgan fingerprint density at radius 1 is 1.20 bits per heavy atom. The standard InChI is InChI=1S/C13H18Cl3N3O/c1-8(17-6-7-18-13(20)19(2)3)9-4-5-10(14)12(16)11(9)15/h4-5,8,17H,6-7H2,1-3H3,(H,18,20). The summed E-state index contributed by atoms with van der Waals surface area (Å²) in [5.41, 5.74) is 0.875. The number of nitrogens with zero attached hydrogens (tertiary/aromatic N) is 1. The number of carbonyl (C=O) groups excluding carboxylic acids is 1. The molecule has 1 aromatic rings. The summed E-state index contributed by atoms with van der Waals surface area (Å²) in [5.74, 6) is 0. The van der Waals surface area contributed by atoms with E-state index in [9.17, 15) is 4.79 Å². The van der Waals surface area contributed by atoms with E-state index in [4.69, 9.17) is 34.8 Å². The average Bonchev–Trinajstić information content (AvgIpc) is 2.40. The van der Waals surface area contributed by atoms with Crippen molar-refractivity contribution in [1.82, 2.24) is 15.5 Å². The normalized spacial score (nSPS) is 12.1. The molecule has 1 unspecified atom stereocenters. The number of benzene rings is 1. The largest absolute Gasteiger partial charge is 0.337 e. The molecule has 0 aliphatic rings. The van der Waals surface area contributed by atoms with Gasteiger partial charge < -0.3 is 15.5 Å². The van der Waals surface area contributed by atoms with Gasteiger partial charge in [0, 0.05) is 33.2 Å². The van der Waals surface area contributed by atoms with Crippen LogP contribution in [0.5, 0.6) is 0 Å². The van der Waals surface area contributed by atoms with Crippen LogP contribution in [0.3, 0.4) is 0 Å². The number of urea groups is 1. The van der Waals surface area contributed by atoms with E-state index >= 15 is 0 Å². The SMILES string of the molecule is CC(NCCNC(=O)N(C)C)c1ccc(Cl)c(Cl)c1Cl. The molecule has 0 aliphatic carbocycles. The van der Waals surface area contributed by atoms with Crippen molar-refractivity contribution in [3.8, 4) is 0 Å². The number of rotatable bonds is 5. The van der Waals surface area contributed by atoms with Crippen LogP contribution in [0.15, 0.2) is 12.1 Å². The van der Waals surface area contributed by atoms with Gasteiger partial charge in [0.1, 0.15) is 0 Å². The number of hydrogen-bond acceptors (Lipinski definition) is 2. The van der Waals surface area contributed by atoms with Crippen molar-refractivity contribution >= 4 is 40.8 Å². The van der Waals surface area contributed by atoms with Gasteiger partial charge >= 0.3 is 6.03 Å². The minimum atomic E-state index is -0.118. The Kier molecular flexibility index (Phi) is 6.89. The first-order chi connectivity index (χ1) is 9.34. The zero-order valence-corrected chi connectivity index (χ0v) is 13.9. The lowest BCUT2D eigenvalue weighted by Gasteiger charge is -2.18. The summed E-state index contributed by atoms with van der Waals surface area (Å²) >= 11 is 18.1. The molecule has 0 bridgehead atoms. The van der Waals surface area contributed by atoms with E-state index in [-0.39, 0.29) is 12.1 Å². The minimum absolute atomic E-state index is 0.00789. The highest BCUT2D eigenvalue weighted by molar-refractivity contribution is 6.48. The highest BCUT2D eigenvalue weighted by Gasteiger charge is 2.13. The monoisotopic (exact) mass is 337 g/mol. The summed E-state index contributed by atoms with van der Waals surface area (Å²) in [6.07, 6.45) is 0. The van der Waals surface area contributed by atoms with Crippen molar-refractivity contribution < 1.29 is 4.79 Å². The molecule has 0 spiro atoms. The van der Waals surface area contributed by atoms with Gasteiger partial charge in [-0.3, -0.25) is 0 Å². The Balaban J connectivity index is 2.50. The van der Waals surface area contributed by atoms with Crippen molar-refractivity contribution in [2.75, 3.05) is 27.2 Å². The summed E-state index contributed by atoms with van der Waals surface area (Å²) in [4.78, 5) is 12.8. The Labute approximate surface area is 134 Å². The predicted molar refractivity (Wildman–Crippen MR) is 85.0 cm³/mol. The van der Waals surface area contributed by atoms with Crippen LogP contribution in [-0.4, -0.2) is 38.1 Å². The first-order valence-electron chi connectivity index (χ1n) is 6.16. The third-order valence-corrected chi connectivity index (χ3v) is 4.10. The van der Waals surface area contributed by atoms with Crippen LogP contribution in [0.1, 0.15) is 18.5 Å². The number of amides is 2. The smallest absolute Gasteiger partial charge is 0.316 e. The molecule has 0 saturated heterocycles. The average molecular weight is 339 g/mol. The molecule has 1 aromatic carbocycles. The van der Waals surface area contributed by atoms with Crippen LogP contribution in [-0.2, 0) is 0 Å². The fraction of sp³-hybridized carbons (Fsp3) is 0.462. The second kappa shape index (κ2) is 7.93. The molecule has 1 rings (SSSR count). The number of nitrogens with one attached hydrogen (secondary N) is 2. The highest BCUT2D eigenvalue weighted by atomic mass is 35.5. The number of carbonyl (C=O) groups is 1. The van der Waals surface area contributed by atoms with Gasteiger partial charge in [0.25, 0.3) is 0 Å². The van der Waals surface area contributed by atoms with Crippen LogP contribution in [0.25, 0.3) is 0 Å². The summed E-state index contributed by atoms with van der Waals surface area (Å²) < 4.78 is 0. The van der Waals surface area contributed by atoms with Crippen molar-refractivity contribution in [1.29, 1.82) is 0 Å². The van der Waals surface area contributed by atoms with Gasteiger partial charge in [0.2, 0.25) is 0 Å². The first kappa shape index (κ1) is 17.4. The molecule has 7 heteroatoms. The molecule has 2 amide bonds. The van der Waals surface area contributed by atoms with Crippen LogP contribution in [0, 0.1) is 0 Å². The van der Waals surface area contributed by atoms with E-state index in [1.54, 1.807) is 20.2 Å². The molecule has 0 saturated carbocycles. The molecule has 0 heterocycles. The van der Waals surface area contributed by atoms with Gasteiger partial charge in [-0.2, -0.15) is 0 Å². The molecule has 0 radical (unpaired) electrons. The molecular formula is C13H18Cl3N3O. The Hall–Kier alpha value is -0.680. The summed E-state index contributed by atoms with van der Waals surface area (Å²) in [5, 5.41) is 7.28. The van der Waals surface area contributed by atoms with Gasteiger partial charge in [-0.05, 0) is 18.6 Å². The zero-order chi connectivity index (χ0) is 15.3. The Bertz CT molecular complexity index is 480. The Morgan fingerprint density at radius 3 is 2.45 bits per heavy atom. The maximum absolute atomic E-state index is 11.3. The lowest BCUT2D eigenvalue weighted by molar-refractivity contribution is 0.217. The number of halogens is 3. The number of hydrogen-bond donors (Lipinski definition) is 2. The minimum Gasteiger partial charge on any atom is -0.337 e. The van der Waals surface area contributed by atoms with Crippen molar-refractivity contribution in [2.45, 2.75) is 13.0 Å². The topological polar surface area (TPSA) is 44.4 Å². The van der Waals surface area contributed by atoms with Gasteiger partial charge in [0.15, 0.2) is 0 Å². The zero-order valence-electron chi connectivity index (χ0n) is 11.6. The third-order valence-electron chi connectivity index (χ3n) is 2.79. The first-order valence-corrected chi connectivity index (χ1v) is 7.30. The maximum Gasteiger partial charge on any atom is 0.316 e. The van der Waals surface area contributed by atoms with E-state index in [0.717, 1.165) is 5.56 Å². The molecule has 0 fully saturated rings. The predicted octanol–water partition coefficient (Wildman–Crippen LogP) is 3.57. The molecule has 0 aliphatic heterocycles. The Morgan fingerprint density at radius 2 is 1.85 bits per heavy atom. The molecule has 112 valence electrons. The van der Waals surface area contributed by atoms with E-state index in [1.807, 2.05) is 13.0 Å². The fourth-order valence-corrected chi connectivity index (χ4v) is 2.31. The summed E-state index contributed by atoms with van der Waals surface area (Å²) in [7, 11) is 3.39. The van der Waals surface area contributed by atoms with E-state index in [2.05, 4.69) is 10.6 Å². The third kappa shape index (κ3) is 4.70. The van der Waals surface area contributed by atoms with Crippen molar-refractivity contribution in [3.05, 3.63) is 32.8 Å². The van der Waals surface area contributed by atoms with Gasteiger partial charge in [0.05, 0.1) is 15.1 Å². The van der Waals surface area contributed by atoms with Gasteiger partial charge in [-0.1, -0.05) is 40.9 Å². The molecule has 2 N–H and O–H groups in total. The van der Waals surface area contributed by atoms with E-state index in [1.165, 1.54) is 4.90 Å². The highest BCUT2D eigenvalue weighted by Crippen LogP contribution is 2.35. The second-order valence-corrected chi connectivity index (χ2v) is 5.73. The quantitative estimate of drug-likeness (QED) is 0.637. The molecule has 0 aromatic heterocycles. The van der Waals surface area contributed by atoms with Crippen LogP contribution >= 0.6 is 34.8 Å². The summed E-state index contributed by atoms with van der Waals surface area (Å²) in [6, 6.07) is 3.45. The van der Waals surface area contributed by atoms with Crippen molar-refractivity contribution in [2.24, 2.45) is 0 Å². The van der Waals surface area contributed by atoms with E-state index in [0.29, 0.717) is 28.2 Å². The molecule has 20 heavy (non-hydrogen) atoms. The second-order valence-electron chi connectivity index (χ2n) is 4.57. The molecule has 1 atom stereocenters. The van der Waals surface area contributed by atoms with Crippen LogP contribution in [0.4, 0.5) is 4.79 Å². The van der Waals surface area contributed by atoms with E-state index < -0.39 is 0 Å². The fourth-order valence-electron chi connectivity index (χ4n) is 1.60. The maximum atomic E-state index is 11.3. The lowest BCUT2D eigenvalue weighted by atomic mass is 10.1.